The van der Waals surface area contributed by atoms with E-state index in [1.807, 2.05) is 28.0 Å². The number of hydrogen-bond acceptors (Lipinski definition) is 9. The highest BCUT2D eigenvalue weighted by Crippen LogP contribution is 2.09. The van der Waals surface area contributed by atoms with Gasteiger partial charge in [0.15, 0.2) is 0 Å². The van der Waals surface area contributed by atoms with Crippen LogP contribution in [-0.4, -0.2) is 107 Å². The van der Waals surface area contributed by atoms with Crippen molar-refractivity contribution in [1.29, 1.82) is 0 Å². The third-order valence-corrected chi connectivity index (χ3v) is 5.05. The molecule has 1 aromatic heterocycles. The summed E-state index contributed by atoms with van der Waals surface area (Å²) in [6.07, 6.45) is 0.703. The number of rotatable bonds is 10. The Balaban J connectivity index is 2.08. The molecule has 0 atom stereocenters. The van der Waals surface area contributed by atoms with E-state index in [0.717, 1.165) is 11.4 Å². The number of nitrogens with one attached hydrogen (secondary N) is 2. The van der Waals surface area contributed by atoms with Crippen LogP contribution < -0.4 is 16.6 Å². The van der Waals surface area contributed by atoms with Crippen LogP contribution in [0.15, 0.2) is 18.2 Å². The number of amides is 1. The number of fused-ring (bicyclic) bond motifs is 2. The van der Waals surface area contributed by atoms with Crippen LogP contribution in [0.2, 0.25) is 0 Å². The van der Waals surface area contributed by atoms with Crippen molar-refractivity contribution in [3.8, 4) is 0 Å². The molecule has 1 aliphatic rings. The minimum atomic E-state index is -0.899. The zero-order valence-electron chi connectivity index (χ0n) is 18.2. The summed E-state index contributed by atoms with van der Waals surface area (Å²) in [5.74, 6) is 3.15. The fraction of sp³-hybridized carbons (Fsp3) is 0.600. The van der Waals surface area contributed by atoms with E-state index in [9.17, 15) is 24.6 Å². The largest absolute Gasteiger partial charge is 0.480 e. The van der Waals surface area contributed by atoms with Crippen LogP contribution in [0.4, 0.5) is 0 Å². The highest BCUT2D eigenvalue weighted by atomic mass is 16.4. The predicted octanol–water partition coefficient (Wildman–Crippen LogP) is -1.86. The molecule has 1 amide bonds. The predicted molar refractivity (Wildman–Crippen MR) is 116 cm³/mol. The minimum absolute atomic E-state index is 0.0478. The van der Waals surface area contributed by atoms with Crippen molar-refractivity contribution in [3.05, 3.63) is 29.6 Å². The Morgan fingerprint density at radius 2 is 1.47 bits per heavy atom. The molecule has 1 aliphatic heterocycles. The van der Waals surface area contributed by atoms with Crippen molar-refractivity contribution < 1.29 is 24.6 Å². The maximum absolute atomic E-state index is 11.5. The van der Waals surface area contributed by atoms with Crippen LogP contribution >= 0.6 is 0 Å². The van der Waals surface area contributed by atoms with Crippen molar-refractivity contribution in [3.63, 3.8) is 0 Å². The van der Waals surface area contributed by atoms with Crippen LogP contribution in [0.1, 0.15) is 17.8 Å². The molecule has 0 saturated heterocycles. The fourth-order valence-corrected chi connectivity index (χ4v) is 3.56. The summed E-state index contributed by atoms with van der Waals surface area (Å²) in [4.78, 5) is 44.6. The molecular weight excluding hydrogens is 418 g/mol. The van der Waals surface area contributed by atoms with E-state index in [1.165, 1.54) is 0 Å². The average Bonchev–Trinajstić information content (AvgIpc) is 2.71. The second-order valence-corrected chi connectivity index (χ2v) is 7.76. The van der Waals surface area contributed by atoms with Gasteiger partial charge in [0.2, 0.25) is 5.91 Å². The van der Waals surface area contributed by atoms with Gasteiger partial charge in [-0.15, -0.1) is 0 Å². The molecular formula is C20H33N7O5. The van der Waals surface area contributed by atoms with E-state index >= 15 is 0 Å². The zero-order valence-corrected chi connectivity index (χ0v) is 18.2. The topological polar surface area (TPSA) is 164 Å². The van der Waals surface area contributed by atoms with Gasteiger partial charge in [-0.25, -0.2) is 0 Å². The lowest BCUT2D eigenvalue weighted by molar-refractivity contribution is -0.139. The van der Waals surface area contributed by atoms with Crippen molar-refractivity contribution in [2.24, 2.45) is 5.84 Å². The average molecular weight is 452 g/mol. The first-order valence-electron chi connectivity index (χ1n) is 10.6. The molecule has 0 aromatic carbocycles. The number of hydrogen-bond donors (Lipinski definition) is 5. The number of nitrogens with two attached hydrogens (primary N) is 1. The normalized spacial score (nSPS) is 16.7. The molecule has 0 saturated carbocycles. The first kappa shape index (κ1) is 25.6. The molecule has 2 heterocycles. The Morgan fingerprint density at radius 3 is 1.97 bits per heavy atom. The van der Waals surface area contributed by atoms with Gasteiger partial charge in [-0.05, 0) is 25.1 Å². The Morgan fingerprint density at radius 1 is 0.938 bits per heavy atom. The molecule has 178 valence electrons. The highest BCUT2D eigenvalue weighted by molar-refractivity contribution is 5.77. The van der Waals surface area contributed by atoms with Gasteiger partial charge in [-0.2, -0.15) is 0 Å². The van der Waals surface area contributed by atoms with E-state index < -0.39 is 11.9 Å². The number of hydrazine groups is 1. The molecule has 12 heteroatoms. The summed E-state index contributed by atoms with van der Waals surface area (Å²) in [6.45, 7) is 4.13. The summed E-state index contributed by atoms with van der Waals surface area (Å²) in [7, 11) is 0. The van der Waals surface area contributed by atoms with Crippen molar-refractivity contribution in [1.82, 2.24) is 30.4 Å². The number of carbonyl (C=O) groups excluding carboxylic acids is 1. The number of aliphatic carboxylic acids is 2. The van der Waals surface area contributed by atoms with Gasteiger partial charge >= 0.3 is 11.9 Å². The lowest BCUT2D eigenvalue weighted by atomic mass is 10.2. The Labute approximate surface area is 187 Å². The van der Waals surface area contributed by atoms with Crippen LogP contribution in [0.5, 0.6) is 0 Å². The van der Waals surface area contributed by atoms with Crippen molar-refractivity contribution in [2.75, 3.05) is 58.9 Å². The van der Waals surface area contributed by atoms with Gasteiger partial charge in [0.05, 0.1) is 31.0 Å². The van der Waals surface area contributed by atoms with Crippen molar-refractivity contribution in [2.45, 2.75) is 19.5 Å². The standard InChI is InChI=1S/C20H33N7O5/c21-23-11-18(28)22-5-2-6-25-7-9-26(14-19(29)30)12-16-3-1-4-17(24-16)13-27(10-8-25)15-20(31)32/h1,3-4,23H,2,5-15,21H2,(H,22,28)(H,29,30)(H,31,32). The van der Waals surface area contributed by atoms with Gasteiger partial charge in [-0.3, -0.25) is 40.4 Å². The summed E-state index contributed by atoms with van der Waals surface area (Å²) < 4.78 is 0. The monoisotopic (exact) mass is 451 g/mol. The van der Waals surface area contributed by atoms with Crippen molar-refractivity contribution >= 4 is 17.8 Å². The SMILES string of the molecule is NNCC(=O)NCCCN1CCN(CC(=O)O)Cc2cccc(n2)CN(CC(=O)O)CC1. The Kier molecular flexibility index (Phi) is 11.0. The van der Waals surface area contributed by atoms with Gasteiger partial charge in [0, 0.05) is 45.8 Å². The number of nitrogens with zero attached hydrogens (tertiary/aromatic N) is 4. The number of carboxylic acid groups (broad SMARTS) is 2. The third-order valence-electron chi connectivity index (χ3n) is 5.05. The fourth-order valence-electron chi connectivity index (χ4n) is 3.56. The number of aromatic nitrogens is 1. The first-order chi connectivity index (χ1) is 15.4. The molecule has 0 spiro atoms. The molecule has 0 unspecified atom stereocenters. The lowest BCUT2D eigenvalue weighted by Gasteiger charge is -2.30. The lowest BCUT2D eigenvalue weighted by Crippen LogP contribution is -2.43. The molecule has 2 bridgehead atoms. The maximum Gasteiger partial charge on any atom is 0.317 e. The van der Waals surface area contributed by atoms with E-state index in [1.54, 1.807) is 0 Å². The van der Waals surface area contributed by atoms with Crippen LogP contribution in [0, 0.1) is 0 Å². The van der Waals surface area contributed by atoms with Gasteiger partial charge in [0.1, 0.15) is 0 Å². The zero-order chi connectivity index (χ0) is 23.3. The Bertz CT molecular complexity index is 718. The van der Waals surface area contributed by atoms with Gasteiger partial charge in [-0.1, -0.05) is 6.07 Å². The summed E-state index contributed by atoms with van der Waals surface area (Å²) in [5, 5.41) is 21.4. The molecule has 0 radical (unpaired) electrons. The van der Waals surface area contributed by atoms with Crippen LogP contribution in [0.3, 0.4) is 0 Å². The quantitative estimate of drug-likeness (QED) is 0.154. The molecule has 0 fully saturated rings. The van der Waals surface area contributed by atoms with E-state index in [-0.39, 0.29) is 25.5 Å². The molecule has 1 aromatic rings. The summed E-state index contributed by atoms with van der Waals surface area (Å²) in [5.41, 5.74) is 3.81. The minimum Gasteiger partial charge on any atom is -0.480 e. The number of carbonyl (C=O) groups is 3. The smallest absolute Gasteiger partial charge is 0.317 e. The Hall–Kier alpha value is -2.64. The highest BCUT2D eigenvalue weighted by Gasteiger charge is 2.18. The second kappa shape index (κ2) is 13.7. The summed E-state index contributed by atoms with van der Waals surface area (Å²) >= 11 is 0. The van der Waals surface area contributed by atoms with Crippen LogP contribution in [-0.2, 0) is 27.5 Å². The second-order valence-electron chi connectivity index (χ2n) is 7.76. The molecule has 6 N–H and O–H groups in total. The molecule has 0 aliphatic carbocycles. The maximum atomic E-state index is 11.5. The number of carboxylic acids is 2. The molecule has 12 nitrogen and oxygen atoms in total. The van der Waals surface area contributed by atoms with E-state index in [2.05, 4.69) is 20.6 Å². The number of pyridine rings is 1. The van der Waals surface area contributed by atoms with E-state index in [0.29, 0.717) is 58.8 Å². The van der Waals surface area contributed by atoms with E-state index in [4.69, 9.17) is 5.84 Å². The van der Waals surface area contributed by atoms with Gasteiger partial charge in [0.25, 0.3) is 0 Å². The first-order valence-corrected chi connectivity index (χ1v) is 10.6. The van der Waals surface area contributed by atoms with Gasteiger partial charge < -0.3 is 20.4 Å². The molecule has 32 heavy (non-hydrogen) atoms. The van der Waals surface area contributed by atoms with Crippen LogP contribution in [0.25, 0.3) is 0 Å². The third kappa shape index (κ3) is 10.1. The summed E-state index contributed by atoms with van der Waals surface area (Å²) in [6, 6.07) is 5.56. The molecule has 2 rings (SSSR count).